The van der Waals surface area contributed by atoms with E-state index in [1.165, 1.54) is 49.9 Å². The Morgan fingerprint density at radius 2 is 1.29 bits per heavy atom. The highest BCUT2D eigenvalue weighted by molar-refractivity contribution is 5.94. The predicted molar refractivity (Wildman–Crippen MR) is 171 cm³/mol. The number of aromatic amines is 1. The van der Waals surface area contributed by atoms with Crippen LogP contribution in [-0.2, 0) is 0 Å². The van der Waals surface area contributed by atoms with Crippen molar-refractivity contribution in [3.8, 4) is 11.3 Å². The van der Waals surface area contributed by atoms with E-state index in [9.17, 15) is 0 Å². The number of rotatable bonds is 6. The highest BCUT2D eigenvalue weighted by atomic mass is 15.2. The van der Waals surface area contributed by atoms with Crippen molar-refractivity contribution < 1.29 is 0 Å². The summed E-state index contributed by atoms with van der Waals surface area (Å²) in [6, 6.07) is 15.3. The monoisotopic (exact) mass is 551 g/mol. The smallest absolute Gasteiger partial charge is 0.245 e. The van der Waals surface area contributed by atoms with Crippen molar-refractivity contribution in [3.05, 3.63) is 59.5 Å². The summed E-state index contributed by atoms with van der Waals surface area (Å²) < 4.78 is 0. The summed E-state index contributed by atoms with van der Waals surface area (Å²) in [6.45, 7) is 6.37. The van der Waals surface area contributed by atoms with Gasteiger partial charge in [-0.1, -0.05) is 0 Å². The van der Waals surface area contributed by atoms with Crippen LogP contribution in [-0.4, -0.2) is 60.4 Å². The fourth-order valence-corrected chi connectivity index (χ4v) is 6.04. The van der Waals surface area contributed by atoms with Gasteiger partial charge in [0.2, 0.25) is 5.95 Å². The SMILES string of the molecule is CNc1cc(N2CCCCC2)ccc1C1=Cc2cc(-c3ccc(N4CCCCC4)cc3NC)nc(C)[nH]nc(n2)N1. The molecule has 2 bridgehead atoms. The van der Waals surface area contributed by atoms with Crippen LogP contribution in [0.5, 0.6) is 0 Å². The maximum absolute atomic E-state index is 4.92. The second-order valence-corrected chi connectivity index (χ2v) is 11.0. The van der Waals surface area contributed by atoms with Crippen molar-refractivity contribution in [2.75, 3.05) is 66.0 Å². The second-order valence-electron chi connectivity index (χ2n) is 11.0. The molecule has 2 saturated heterocycles. The van der Waals surface area contributed by atoms with Gasteiger partial charge in [-0.3, -0.25) is 5.10 Å². The lowest BCUT2D eigenvalue weighted by Crippen LogP contribution is -2.29. The van der Waals surface area contributed by atoms with Crippen LogP contribution in [0.1, 0.15) is 55.6 Å². The van der Waals surface area contributed by atoms with Gasteiger partial charge in [0, 0.05) is 74.2 Å². The van der Waals surface area contributed by atoms with Crippen LogP contribution < -0.4 is 25.8 Å². The molecular formula is C32H41N9. The molecule has 6 rings (SSSR count). The number of hydrogen-bond acceptors (Lipinski definition) is 8. The Morgan fingerprint density at radius 1 is 0.707 bits per heavy atom. The molecule has 0 saturated carbocycles. The van der Waals surface area contributed by atoms with Gasteiger partial charge in [-0.2, -0.15) is 0 Å². The first-order valence-electron chi connectivity index (χ1n) is 14.9. The van der Waals surface area contributed by atoms with Gasteiger partial charge in [0.25, 0.3) is 0 Å². The maximum Gasteiger partial charge on any atom is 0.245 e. The zero-order valence-electron chi connectivity index (χ0n) is 24.4. The molecule has 0 atom stereocenters. The number of hydrogen-bond donors (Lipinski definition) is 4. The lowest BCUT2D eigenvalue weighted by atomic mass is 10.0. The Bertz CT molecular complexity index is 1480. The summed E-state index contributed by atoms with van der Waals surface area (Å²) >= 11 is 0. The van der Waals surface area contributed by atoms with Gasteiger partial charge in [-0.15, -0.1) is 5.10 Å². The first-order valence-corrected chi connectivity index (χ1v) is 14.9. The zero-order valence-corrected chi connectivity index (χ0v) is 24.4. The molecule has 0 spiro atoms. The third-order valence-corrected chi connectivity index (χ3v) is 8.22. The van der Waals surface area contributed by atoms with E-state index in [0.717, 1.165) is 65.8 Å². The second kappa shape index (κ2) is 12.1. The Hall–Kier alpha value is -4.27. The van der Waals surface area contributed by atoms with E-state index in [-0.39, 0.29) is 0 Å². The summed E-state index contributed by atoms with van der Waals surface area (Å²) in [5.41, 5.74) is 9.27. The Kier molecular flexibility index (Phi) is 7.93. The van der Waals surface area contributed by atoms with Crippen LogP contribution in [0.3, 0.4) is 0 Å². The lowest BCUT2D eigenvalue weighted by Gasteiger charge is -2.29. The van der Waals surface area contributed by atoms with Crippen LogP contribution in [0.25, 0.3) is 23.0 Å². The van der Waals surface area contributed by atoms with Crippen LogP contribution in [0.2, 0.25) is 0 Å². The average molecular weight is 552 g/mol. The van der Waals surface area contributed by atoms with E-state index >= 15 is 0 Å². The number of nitrogens with zero attached hydrogens (tertiary/aromatic N) is 5. The van der Waals surface area contributed by atoms with E-state index in [2.05, 4.69) is 78.4 Å². The van der Waals surface area contributed by atoms with Crippen molar-refractivity contribution >= 4 is 40.5 Å². The zero-order chi connectivity index (χ0) is 28.2. The van der Waals surface area contributed by atoms with Gasteiger partial charge < -0.3 is 25.8 Å². The number of anilines is 5. The molecule has 9 nitrogen and oxygen atoms in total. The topological polar surface area (TPSA) is 97.0 Å². The minimum absolute atomic E-state index is 0.501. The number of aromatic nitrogens is 4. The van der Waals surface area contributed by atoms with Crippen molar-refractivity contribution in [3.63, 3.8) is 0 Å². The minimum Gasteiger partial charge on any atom is -0.388 e. The molecule has 0 aliphatic carbocycles. The molecule has 1 aromatic heterocycles. The fourth-order valence-electron chi connectivity index (χ4n) is 6.04. The van der Waals surface area contributed by atoms with Crippen LogP contribution in [0, 0.1) is 6.92 Å². The predicted octanol–water partition coefficient (Wildman–Crippen LogP) is 6.29. The van der Waals surface area contributed by atoms with E-state index < -0.39 is 0 Å². The molecule has 4 heterocycles. The van der Waals surface area contributed by atoms with E-state index in [4.69, 9.17) is 9.97 Å². The standard InChI is InChI=1S/C32H41N9/c1-22-35-30(26-12-10-24(20-28(26)33-2)40-14-6-4-7-15-40)18-23-19-31(37-32(36-23)39-38-22)27-13-11-25(21-29(27)34-3)41-16-8-5-9-17-41/h10-13,18-21,33-34H,4-9,14-17H2,1-3H3,(H,35,38)(H,36,37,39). The Morgan fingerprint density at radius 3 is 1.90 bits per heavy atom. The molecule has 3 aliphatic rings. The normalized spacial score (nSPS) is 16.4. The number of aryl methyl sites for hydroxylation is 1. The van der Waals surface area contributed by atoms with E-state index in [1.54, 1.807) is 0 Å². The molecular weight excluding hydrogens is 510 g/mol. The molecule has 0 radical (unpaired) electrons. The third-order valence-electron chi connectivity index (χ3n) is 8.22. The summed E-state index contributed by atoms with van der Waals surface area (Å²) in [5, 5.41) is 17.8. The first kappa shape index (κ1) is 26.9. The lowest BCUT2D eigenvalue weighted by molar-refractivity contribution is 0.578. The van der Waals surface area contributed by atoms with Gasteiger partial charge in [0.1, 0.15) is 5.82 Å². The number of piperidine rings is 2. The van der Waals surface area contributed by atoms with Gasteiger partial charge in [0.05, 0.1) is 17.1 Å². The summed E-state index contributed by atoms with van der Waals surface area (Å²) in [4.78, 5) is 14.7. The Labute approximate surface area is 242 Å². The number of fused-ring (bicyclic) bond motifs is 2. The molecule has 4 N–H and O–H groups in total. The third kappa shape index (κ3) is 5.94. The molecule has 9 heteroatoms. The van der Waals surface area contributed by atoms with Crippen LogP contribution >= 0.6 is 0 Å². The van der Waals surface area contributed by atoms with Gasteiger partial charge in [-0.25, -0.2) is 9.97 Å². The minimum atomic E-state index is 0.501. The van der Waals surface area contributed by atoms with Gasteiger partial charge in [-0.05, 0) is 94.0 Å². The fraction of sp³-hybridized carbons (Fsp3) is 0.406. The van der Waals surface area contributed by atoms with Gasteiger partial charge in [0.15, 0.2) is 0 Å². The highest BCUT2D eigenvalue weighted by Crippen LogP contribution is 2.35. The molecule has 3 aliphatic heterocycles. The van der Waals surface area contributed by atoms with Crippen molar-refractivity contribution in [1.82, 2.24) is 20.2 Å². The van der Waals surface area contributed by atoms with Crippen LogP contribution in [0.15, 0.2) is 42.5 Å². The number of benzene rings is 2. The van der Waals surface area contributed by atoms with Crippen molar-refractivity contribution in [2.24, 2.45) is 0 Å². The highest BCUT2D eigenvalue weighted by Gasteiger charge is 2.18. The van der Waals surface area contributed by atoms with E-state index in [0.29, 0.717) is 11.8 Å². The largest absolute Gasteiger partial charge is 0.388 e. The van der Waals surface area contributed by atoms with Crippen LogP contribution in [0.4, 0.5) is 28.7 Å². The molecule has 3 aromatic rings. The molecule has 0 unspecified atom stereocenters. The van der Waals surface area contributed by atoms with Crippen molar-refractivity contribution in [1.29, 1.82) is 0 Å². The Balaban J connectivity index is 1.39. The summed E-state index contributed by atoms with van der Waals surface area (Å²) in [6.07, 6.45) is 9.71. The summed E-state index contributed by atoms with van der Waals surface area (Å²) in [5.74, 6) is 1.19. The molecule has 214 valence electrons. The van der Waals surface area contributed by atoms with Gasteiger partial charge >= 0.3 is 0 Å². The number of H-pyrrole nitrogens is 1. The molecule has 2 aromatic carbocycles. The summed E-state index contributed by atoms with van der Waals surface area (Å²) in [7, 11) is 3.95. The molecule has 0 amide bonds. The number of nitrogens with one attached hydrogen (secondary N) is 4. The first-order chi connectivity index (χ1) is 20.1. The molecule has 2 fully saturated rings. The quantitative estimate of drug-likeness (QED) is 0.284. The average Bonchev–Trinajstić information content (AvgIpc) is 3.08. The van der Waals surface area contributed by atoms with E-state index in [1.807, 2.05) is 27.1 Å². The molecule has 41 heavy (non-hydrogen) atoms. The van der Waals surface area contributed by atoms with Crippen molar-refractivity contribution in [2.45, 2.75) is 45.4 Å². The maximum atomic E-state index is 4.92.